The molecule has 0 saturated heterocycles. The number of nitrogens with zero attached hydrogens (tertiary/aromatic N) is 2. The van der Waals surface area contributed by atoms with Crippen LogP contribution in [-0.2, 0) is 11.4 Å². The molecule has 1 amide bonds. The predicted molar refractivity (Wildman–Crippen MR) is 198 cm³/mol. The van der Waals surface area contributed by atoms with Gasteiger partial charge in [0, 0.05) is 5.69 Å². The number of hydrogen-bond acceptors (Lipinski definition) is 7. The van der Waals surface area contributed by atoms with Crippen LogP contribution in [0.2, 0.25) is 0 Å². The number of nitrogens with one attached hydrogen (secondary N) is 1. The maximum absolute atomic E-state index is 14.2. The maximum atomic E-state index is 14.2. The number of amides is 1. The molecule has 1 atom stereocenters. The molecule has 0 fully saturated rings. The number of allylic oxidation sites excluding steroid dienone is 1. The topological polar surface area (TPSA) is 91.2 Å². The summed E-state index contributed by atoms with van der Waals surface area (Å²) in [6, 6.07) is 34.4. The standard InChI is InChI=1S/C41H35N3O5S/c1-25-10-5-8-15-33(25)43-39(45)37-26(2)42-41-44(38(37)29-18-21-34(47-3)35(23-29)48-4)40(46)36(50-41)22-27-16-19-31(20-17-27)49-24-30-13-9-12-28-11-6-7-14-32(28)30/h5-23,38H,24H2,1-4H3,(H,43,45). The van der Waals surface area contributed by atoms with Crippen molar-refractivity contribution >= 4 is 39.8 Å². The Balaban J connectivity index is 1.23. The van der Waals surface area contributed by atoms with Gasteiger partial charge in [-0.05, 0) is 83.3 Å². The van der Waals surface area contributed by atoms with E-state index in [1.165, 1.54) is 22.1 Å². The number of thiazole rings is 1. The van der Waals surface area contributed by atoms with Crippen LogP contribution < -0.4 is 34.4 Å². The molecule has 2 heterocycles. The second-order valence-electron chi connectivity index (χ2n) is 12.0. The summed E-state index contributed by atoms with van der Waals surface area (Å²) in [5, 5.41) is 5.39. The molecular weight excluding hydrogens is 647 g/mol. The predicted octanol–water partition coefficient (Wildman–Crippen LogP) is 6.93. The fourth-order valence-electron chi connectivity index (χ4n) is 6.24. The number of para-hydroxylation sites is 1. The summed E-state index contributed by atoms with van der Waals surface area (Å²) in [6.45, 7) is 4.17. The Labute approximate surface area is 293 Å². The monoisotopic (exact) mass is 681 g/mol. The van der Waals surface area contributed by atoms with Gasteiger partial charge >= 0.3 is 0 Å². The Morgan fingerprint density at radius 1 is 0.880 bits per heavy atom. The number of aromatic nitrogens is 1. The lowest BCUT2D eigenvalue weighted by molar-refractivity contribution is -0.113. The zero-order chi connectivity index (χ0) is 34.8. The number of methoxy groups -OCH3 is 2. The number of hydrogen-bond donors (Lipinski definition) is 1. The average Bonchev–Trinajstić information content (AvgIpc) is 3.44. The number of anilines is 1. The Kier molecular flexibility index (Phi) is 9.06. The van der Waals surface area contributed by atoms with Gasteiger partial charge in [-0.3, -0.25) is 14.2 Å². The first-order valence-electron chi connectivity index (χ1n) is 16.2. The molecule has 50 heavy (non-hydrogen) atoms. The molecule has 0 radical (unpaired) electrons. The number of benzene rings is 5. The van der Waals surface area contributed by atoms with Gasteiger partial charge in [-0.15, -0.1) is 0 Å². The molecule has 9 heteroatoms. The van der Waals surface area contributed by atoms with Crippen molar-refractivity contribution in [2.24, 2.45) is 4.99 Å². The zero-order valence-corrected chi connectivity index (χ0v) is 28.9. The normalized spacial score (nSPS) is 14.2. The minimum absolute atomic E-state index is 0.251. The van der Waals surface area contributed by atoms with Gasteiger partial charge in [-0.2, -0.15) is 0 Å². The van der Waals surface area contributed by atoms with Crippen LogP contribution in [0, 0.1) is 6.92 Å². The molecule has 0 spiro atoms. The van der Waals surface area contributed by atoms with Crippen LogP contribution in [0.1, 0.15) is 35.2 Å². The van der Waals surface area contributed by atoms with Gasteiger partial charge in [-0.1, -0.05) is 90.2 Å². The molecular formula is C41H35N3O5S. The van der Waals surface area contributed by atoms with E-state index < -0.39 is 6.04 Å². The second-order valence-corrected chi connectivity index (χ2v) is 13.0. The molecule has 1 aliphatic heterocycles. The largest absolute Gasteiger partial charge is 0.493 e. The number of ether oxygens (including phenoxy) is 3. The van der Waals surface area contributed by atoms with Crippen LogP contribution in [0.15, 0.2) is 130 Å². The summed E-state index contributed by atoms with van der Waals surface area (Å²) in [7, 11) is 3.12. The van der Waals surface area contributed by atoms with E-state index in [1.54, 1.807) is 37.8 Å². The second kappa shape index (κ2) is 13.9. The summed E-state index contributed by atoms with van der Waals surface area (Å²) in [4.78, 5) is 33.6. The lowest BCUT2D eigenvalue weighted by Gasteiger charge is -2.26. The molecule has 1 unspecified atom stereocenters. The summed E-state index contributed by atoms with van der Waals surface area (Å²) in [5.74, 6) is 1.42. The molecule has 5 aromatic carbocycles. The third kappa shape index (κ3) is 6.31. The highest BCUT2D eigenvalue weighted by Gasteiger charge is 2.33. The lowest BCUT2D eigenvalue weighted by atomic mass is 9.94. The molecule has 6 aromatic rings. The molecule has 1 N–H and O–H groups in total. The van der Waals surface area contributed by atoms with E-state index in [4.69, 9.17) is 19.2 Å². The lowest BCUT2D eigenvalue weighted by Crippen LogP contribution is -2.40. The minimum Gasteiger partial charge on any atom is -0.493 e. The van der Waals surface area contributed by atoms with E-state index in [-0.39, 0.29) is 11.5 Å². The quantitative estimate of drug-likeness (QED) is 0.179. The number of carbonyl (C=O) groups excluding carboxylic acids is 1. The third-order valence-electron chi connectivity index (χ3n) is 8.84. The molecule has 250 valence electrons. The van der Waals surface area contributed by atoms with Crippen LogP contribution in [0.3, 0.4) is 0 Å². The van der Waals surface area contributed by atoms with Crippen LogP contribution >= 0.6 is 11.3 Å². The van der Waals surface area contributed by atoms with Gasteiger partial charge in [0.1, 0.15) is 12.4 Å². The van der Waals surface area contributed by atoms with E-state index in [0.717, 1.165) is 22.4 Å². The van der Waals surface area contributed by atoms with Gasteiger partial charge in [-0.25, -0.2) is 4.99 Å². The highest BCUT2D eigenvalue weighted by molar-refractivity contribution is 7.07. The maximum Gasteiger partial charge on any atom is 0.271 e. The molecule has 1 aliphatic rings. The van der Waals surface area contributed by atoms with Crippen LogP contribution in [0.25, 0.3) is 16.8 Å². The van der Waals surface area contributed by atoms with E-state index in [1.807, 2.05) is 85.8 Å². The van der Waals surface area contributed by atoms with Crippen molar-refractivity contribution < 1.29 is 19.0 Å². The van der Waals surface area contributed by atoms with E-state index in [2.05, 4.69) is 29.6 Å². The van der Waals surface area contributed by atoms with E-state index >= 15 is 0 Å². The summed E-state index contributed by atoms with van der Waals surface area (Å²) < 4.78 is 19.3. The van der Waals surface area contributed by atoms with Crippen molar-refractivity contribution in [3.63, 3.8) is 0 Å². The molecule has 0 aliphatic carbocycles. The Morgan fingerprint density at radius 3 is 2.40 bits per heavy atom. The summed E-state index contributed by atoms with van der Waals surface area (Å²) >= 11 is 1.28. The number of carbonyl (C=O) groups is 1. The average molecular weight is 682 g/mol. The van der Waals surface area contributed by atoms with E-state index in [0.29, 0.717) is 50.0 Å². The van der Waals surface area contributed by atoms with Gasteiger partial charge in [0.05, 0.1) is 36.1 Å². The highest BCUT2D eigenvalue weighted by atomic mass is 32.1. The number of fused-ring (bicyclic) bond motifs is 2. The fraction of sp³-hybridized carbons (Fsp3) is 0.146. The van der Waals surface area contributed by atoms with E-state index in [9.17, 15) is 9.59 Å². The number of rotatable bonds is 9. The van der Waals surface area contributed by atoms with Crippen LogP contribution in [-0.4, -0.2) is 24.7 Å². The zero-order valence-electron chi connectivity index (χ0n) is 28.1. The van der Waals surface area contributed by atoms with Crippen molar-refractivity contribution in [3.05, 3.63) is 162 Å². The first-order valence-corrected chi connectivity index (χ1v) is 17.0. The van der Waals surface area contributed by atoms with Crippen molar-refractivity contribution in [2.75, 3.05) is 19.5 Å². The van der Waals surface area contributed by atoms with Crippen molar-refractivity contribution in [2.45, 2.75) is 26.5 Å². The van der Waals surface area contributed by atoms with Gasteiger partial charge in [0.2, 0.25) is 0 Å². The van der Waals surface area contributed by atoms with Crippen LogP contribution in [0.4, 0.5) is 5.69 Å². The van der Waals surface area contributed by atoms with Crippen molar-refractivity contribution in [1.82, 2.24) is 4.57 Å². The third-order valence-corrected chi connectivity index (χ3v) is 9.82. The molecule has 0 bridgehead atoms. The SMILES string of the molecule is COc1ccc(C2C(C(=O)Nc3ccccc3C)=C(C)N=c3sc(=Cc4ccc(OCc5cccc6ccccc56)cc4)c(=O)n32)cc1OC. The number of aryl methyl sites for hydroxylation is 1. The molecule has 8 nitrogen and oxygen atoms in total. The Bertz CT molecular complexity index is 2460. The Hall–Kier alpha value is -5.93. The Morgan fingerprint density at radius 2 is 1.62 bits per heavy atom. The smallest absolute Gasteiger partial charge is 0.271 e. The van der Waals surface area contributed by atoms with Crippen molar-refractivity contribution in [3.8, 4) is 17.2 Å². The van der Waals surface area contributed by atoms with Gasteiger partial charge in [0.25, 0.3) is 11.5 Å². The summed E-state index contributed by atoms with van der Waals surface area (Å²) in [6.07, 6.45) is 1.84. The van der Waals surface area contributed by atoms with Crippen LogP contribution in [0.5, 0.6) is 17.2 Å². The summed E-state index contributed by atoms with van der Waals surface area (Å²) in [5.41, 5.74) is 4.88. The molecule has 1 aromatic heterocycles. The first kappa shape index (κ1) is 32.6. The molecule has 0 saturated carbocycles. The fourth-order valence-corrected chi connectivity index (χ4v) is 7.29. The van der Waals surface area contributed by atoms with Gasteiger partial charge < -0.3 is 19.5 Å². The van der Waals surface area contributed by atoms with Gasteiger partial charge in [0.15, 0.2) is 16.3 Å². The molecule has 7 rings (SSSR count). The first-order chi connectivity index (χ1) is 24.3. The highest BCUT2D eigenvalue weighted by Crippen LogP contribution is 2.36. The minimum atomic E-state index is -0.762. The van der Waals surface area contributed by atoms with Crippen molar-refractivity contribution in [1.29, 1.82) is 0 Å².